The Hall–Kier alpha value is -3.68. The maximum Gasteiger partial charge on any atom is 0.206 e. The van der Waals surface area contributed by atoms with E-state index in [1.54, 1.807) is 48.5 Å². The van der Waals surface area contributed by atoms with Gasteiger partial charge in [0.05, 0.1) is 33.4 Å². The molecule has 0 spiro atoms. The highest BCUT2D eigenvalue weighted by Crippen LogP contribution is 2.23. The maximum absolute atomic E-state index is 12.2. The molecule has 0 saturated carbocycles. The molecular weight excluding hydrogens is 358 g/mol. The Labute approximate surface area is 168 Å². The van der Waals surface area contributed by atoms with Crippen LogP contribution < -0.4 is 14.9 Å². The molecule has 4 aromatic rings. The molecule has 0 aliphatic heterocycles. The molecule has 0 saturated heterocycles. The second kappa shape index (κ2) is 7.51. The number of ether oxygens (including phenoxy) is 2. The van der Waals surface area contributed by atoms with Crippen LogP contribution in [0.15, 0.2) is 59.9 Å². The number of pyridine rings is 1. The molecule has 8 heteroatoms. The van der Waals surface area contributed by atoms with Crippen LogP contribution in [-0.4, -0.2) is 31.1 Å². The molecule has 0 fully saturated rings. The largest absolute Gasteiger partial charge is 0.492 e. The predicted molar refractivity (Wildman–Crippen MR) is 104 cm³/mol. The Morgan fingerprint density at radius 2 is 2.07 bits per heavy atom. The van der Waals surface area contributed by atoms with Crippen molar-refractivity contribution >= 4 is 10.9 Å². The van der Waals surface area contributed by atoms with Gasteiger partial charge < -0.3 is 9.47 Å². The molecule has 0 amide bonds. The molecule has 1 aromatic carbocycles. The van der Waals surface area contributed by atoms with Crippen LogP contribution in [0.4, 0.5) is 0 Å². The number of benzene rings is 1. The van der Waals surface area contributed by atoms with E-state index >= 15 is 0 Å². The molecule has 0 bridgehead atoms. The molecule has 0 aliphatic rings. The third-order valence-electron chi connectivity index (χ3n) is 4.01. The first-order valence-corrected chi connectivity index (χ1v) is 8.31. The van der Waals surface area contributed by atoms with Gasteiger partial charge in [0.1, 0.15) is 29.5 Å². The zero-order valence-electron chi connectivity index (χ0n) is 19.9. The quantitative estimate of drug-likeness (QED) is 0.509. The van der Waals surface area contributed by atoms with Gasteiger partial charge in [-0.1, -0.05) is 0 Å². The minimum Gasteiger partial charge on any atom is -0.492 e. The van der Waals surface area contributed by atoms with E-state index in [1.807, 2.05) is 0 Å². The first kappa shape index (κ1) is 12.7. The van der Waals surface area contributed by atoms with Gasteiger partial charge in [-0.3, -0.25) is 14.5 Å². The van der Waals surface area contributed by atoms with E-state index in [0.29, 0.717) is 22.3 Å². The van der Waals surface area contributed by atoms with Crippen molar-refractivity contribution in [2.24, 2.45) is 7.05 Å². The summed E-state index contributed by atoms with van der Waals surface area (Å²) in [4.78, 5) is 16.4. The van der Waals surface area contributed by atoms with E-state index in [2.05, 4.69) is 15.2 Å². The molecule has 0 atom stereocenters. The molecular formula is C20H19N5O3. The third kappa shape index (κ3) is 3.71. The molecule has 4 rings (SSSR count). The van der Waals surface area contributed by atoms with E-state index in [0.717, 1.165) is 0 Å². The molecule has 28 heavy (non-hydrogen) atoms. The Morgan fingerprint density at radius 3 is 2.89 bits per heavy atom. The van der Waals surface area contributed by atoms with Crippen LogP contribution in [0.1, 0.15) is 19.4 Å². The number of fused-ring (bicyclic) bond motifs is 1. The van der Waals surface area contributed by atoms with Crippen molar-refractivity contribution < 1.29 is 16.3 Å². The average molecular weight is 382 g/mol. The van der Waals surface area contributed by atoms with Gasteiger partial charge in [0, 0.05) is 28.8 Å². The van der Waals surface area contributed by atoms with Crippen molar-refractivity contribution in [3.8, 4) is 17.2 Å². The Kier molecular flexibility index (Phi) is 3.40. The van der Waals surface area contributed by atoms with Gasteiger partial charge in [-0.05, 0) is 31.1 Å². The van der Waals surface area contributed by atoms with Crippen molar-refractivity contribution in [2.45, 2.75) is 13.5 Å². The molecule has 0 N–H and O–H groups in total. The summed E-state index contributed by atoms with van der Waals surface area (Å²) in [5.74, 6) is 0.378. The van der Waals surface area contributed by atoms with Gasteiger partial charge in [0.2, 0.25) is 5.43 Å². The van der Waals surface area contributed by atoms with Crippen molar-refractivity contribution in [1.29, 1.82) is 0 Å². The zero-order chi connectivity index (χ0) is 23.8. The van der Waals surface area contributed by atoms with Crippen molar-refractivity contribution in [1.82, 2.24) is 24.5 Å². The highest BCUT2D eigenvalue weighted by atomic mass is 16.5. The van der Waals surface area contributed by atoms with Gasteiger partial charge in [0.25, 0.3) is 0 Å². The van der Waals surface area contributed by atoms with Crippen LogP contribution in [0.3, 0.4) is 0 Å². The summed E-state index contributed by atoms with van der Waals surface area (Å²) in [5, 5.41) is 8.94. The van der Waals surface area contributed by atoms with Crippen LogP contribution in [0.25, 0.3) is 16.6 Å². The third-order valence-corrected chi connectivity index (χ3v) is 4.01. The van der Waals surface area contributed by atoms with Crippen LogP contribution >= 0.6 is 0 Å². The molecule has 0 unspecified atom stereocenters. The van der Waals surface area contributed by atoms with Gasteiger partial charge in [-0.15, -0.1) is 0 Å². The number of hydrogen-bond donors (Lipinski definition) is 0. The summed E-state index contributed by atoms with van der Waals surface area (Å²) < 4.78 is 50.9. The van der Waals surface area contributed by atoms with E-state index in [1.165, 1.54) is 23.0 Å². The predicted octanol–water partition coefficient (Wildman–Crippen LogP) is 2.49. The monoisotopic (exact) mass is 382 g/mol. The molecule has 3 aromatic heterocycles. The second-order valence-electron chi connectivity index (χ2n) is 5.96. The van der Waals surface area contributed by atoms with Crippen LogP contribution in [-0.2, 0) is 13.7 Å². The Morgan fingerprint density at radius 1 is 1.18 bits per heavy atom. The molecule has 0 aliphatic carbocycles. The Balaban J connectivity index is 1.54. The van der Waals surface area contributed by atoms with Crippen molar-refractivity contribution in [3.05, 3.63) is 71.0 Å². The number of aryl methyl sites for hydroxylation is 1. The molecule has 8 nitrogen and oxygen atoms in total. The first-order valence-electron chi connectivity index (χ1n) is 10.8. The summed E-state index contributed by atoms with van der Waals surface area (Å²) in [6.45, 7) is -5.92. The van der Waals surface area contributed by atoms with Gasteiger partial charge in [0.15, 0.2) is 0 Å². The van der Waals surface area contributed by atoms with Gasteiger partial charge in [-0.25, -0.2) is 4.68 Å². The lowest BCUT2D eigenvalue weighted by molar-refractivity contribution is 0.298. The first-order chi connectivity index (χ1) is 15.5. The summed E-state index contributed by atoms with van der Waals surface area (Å²) in [6, 6.07) is 7.84. The van der Waals surface area contributed by atoms with Crippen molar-refractivity contribution in [3.63, 3.8) is 0 Å². The lowest BCUT2D eigenvalue weighted by atomic mass is 10.2. The lowest BCUT2D eigenvalue weighted by Crippen LogP contribution is -2.17. The average Bonchev–Trinajstić information content (AvgIpc) is 3.18. The number of rotatable bonds is 6. The zero-order valence-corrected chi connectivity index (χ0v) is 14.9. The van der Waals surface area contributed by atoms with Crippen molar-refractivity contribution in [2.75, 3.05) is 6.56 Å². The summed E-state index contributed by atoms with van der Waals surface area (Å²) in [7, 11) is 1.78. The van der Waals surface area contributed by atoms with Crippen LogP contribution in [0, 0.1) is 0 Å². The summed E-state index contributed by atoms with van der Waals surface area (Å²) in [5.41, 5.74) is 1.18. The topological polar surface area (TPSA) is 84.1 Å². The van der Waals surface area contributed by atoms with Gasteiger partial charge >= 0.3 is 0 Å². The van der Waals surface area contributed by atoms with Crippen LogP contribution in [0.2, 0.25) is 0 Å². The summed E-state index contributed by atoms with van der Waals surface area (Å²) in [6.07, 6.45) is 6.17. The number of nitrogens with zero attached hydrogens (tertiary/aromatic N) is 5. The number of hydrogen-bond acceptors (Lipinski definition) is 6. The maximum atomic E-state index is 12.2. The molecule has 3 heterocycles. The highest BCUT2D eigenvalue weighted by molar-refractivity contribution is 5.81. The molecule has 0 radical (unpaired) electrons. The molecule has 142 valence electrons. The van der Waals surface area contributed by atoms with E-state index in [-0.39, 0.29) is 23.5 Å². The minimum atomic E-state index is -2.96. The fourth-order valence-electron chi connectivity index (χ4n) is 2.66. The fraction of sp³-hybridized carbons (Fsp3) is 0.200. The van der Waals surface area contributed by atoms with E-state index in [9.17, 15) is 4.79 Å². The van der Waals surface area contributed by atoms with E-state index in [4.69, 9.17) is 16.3 Å². The SMILES string of the molecule is [2H]C([2H])([2H])C([2H])([2H])Oc1cnc2ccc(OCc3nn(-c4cnn(C)c4)ccc3=O)cc2c1. The fourth-order valence-corrected chi connectivity index (χ4v) is 2.66. The minimum absolute atomic E-state index is 0.0372. The standard InChI is InChI=1S/C20H19N5O3/c1-3-27-17-9-14-8-16(4-5-18(14)21-11-17)28-13-19-20(26)6-7-25(23-19)15-10-22-24(2)12-15/h4-12H,3,13H2,1-2H3/i1D3,3D2. The number of aromatic nitrogens is 5. The normalized spacial score (nSPS) is 14.5. The Bertz CT molecular complexity index is 1370. The van der Waals surface area contributed by atoms with Gasteiger partial charge in [-0.2, -0.15) is 10.2 Å². The lowest BCUT2D eigenvalue weighted by Gasteiger charge is -2.09. The second-order valence-corrected chi connectivity index (χ2v) is 5.96. The highest BCUT2D eigenvalue weighted by Gasteiger charge is 2.07. The van der Waals surface area contributed by atoms with E-state index < -0.39 is 13.4 Å². The van der Waals surface area contributed by atoms with Crippen LogP contribution in [0.5, 0.6) is 11.5 Å². The summed E-state index contributed by atoms with van der Waals surface area (Å²) >= 11 is 0. The smallest absolute Gasteiger partial charge is 0.206 e.